The Bertz CT molecular complexity index is 990. The second-order valence-electron chi connectivity index (χ2n) is 6.99. The highest BCUT2D eigenvalue weighted by Crippen LogP contribution is 2.30. The van der Waals surface area contributed by atoms with Crippen LogP contribution in [0.1, 0.15) is 31.0 Å². The number of piperidine rings is 1. The van der Waals surface area contributed by atoms with Gasteiger partial charge < -0.3 is 14.7 Å². The first-order valence-electron chi connectivity index (χ1n) is 9.52. The van der Waals surface area contributed by atoms with Crippen molar-refractivity contribution in [3.8, 4) is 0 Å². The van der Waals surface area contributed by atoms with Gasteiger partial charge in [-0.2, -0.15) is 4.98 Å². The molecule has 0 spiro atoms. The Balaban J connectivity index is 1.47. The van der Waals surface area contributed by atoms with E-state index in [0.29, 0.717) is 23.8 Å². The van der Waals surface area contributed by atoms with Crippen LogP contribution in [0, 0.1) is 5.92 Å². The van der Waals surface area contributed by atoms with Crippen LogP contribution in [-0.2, 0) is 17.8 Å². The Morgan fingerprint density at radius 2 is 2.29 bits per heavy atom. The Morgan fingerprint density at radius 1 is 1.39 bits per heavy atom. The number of hydrogen-bond acceptors (Lipinski definition) is 6. The van der Waals surface area contributed by atoms with Crippen LogP contribution in [0.2, 0.25) is 5.02 Å². The average molecular weight is 400 g/mol. The molecule has 3 heterocycles. The molecule has 2 aromatic heterocycles. The highest BCUT2D eigenvalue weighted by molar-refractivity contribution is 6.30. The van der Waals surface area contributed by atoms with Crippen molar-refractivity contribution in [2.45, 2.75) is 32.7 Å². The third-order valence-electron chi connectivity index (χ3n) is 5.11. The van der Waals surface area contributed by atoms with Crippen LogP contribution in [-0.4, -0.2) is 34.1 Å². The lowest BCUT2D eigenvalue weighted by Gasteiger charge is -2.33. The van der Waals surface area contributed by atoms with Crippen LogP contribution in [0.25, 0.3) is 11.1 Å². The van der Waals surface area contributed by atoms with E-state index in [1.165, 1.54) is 6.33 Å². The number of aromatic nitrogens is 3. The van der Waals surface area contributed by atoms with Crippen molar-refractivity contribution in [2.24, 2.45) is 5.92 Å². The highest BCUT2D eigenvalue weighted by atomic mass is 35.5. The standard InChI is InChI=1S/C20H22ClN5O2/c1-2-16-17-18(23-12-24-20(17)28-25-16)26-8-4-6-14(11-26)19(27)22-10-13-5-3-7-15(21)9-13/h3,5,7,9,12,14H,2,4,6,8,10-11H2,1H3,(H,22,27)/t14-/m1/s1. The van der Waals surface area contributed by atoms with Crippen LogP contribution in [0.3, 0.4) is 0 Å². The smallest absolute Gasteiger partial charge is 0.263 e. The second-order valence-corrected chi connectivity index (χ2v) is 7.43. The molecule has 1 fully saturated rings. The fourth-order valence-corrected chi connectivity index (χ4v) is 3.88. The van der Waals surface area contributed by atoms with Crippen molar-refractivity contribution in [1.82, 2.24) is 20.4 Å². The largest absolute Gasteiger partial charge is 0.355 e. The predicted molar refractivity (Wildman–Crippen MR) is 107 cm³/mol. The zero-order chi connectivity index (χ0) is 19.5. The van der Waals surface area contributed by atoms with Crippen molar-refractivity contribution < 1.29 is 9.32 Å². The van der Waals surface area contributed by atoms with E-state index in [9.17, 15) is 4.79 Å². The van der Waals surface area contributed by atoms with Gasteiger partial charge in [-0.1, -0.05) is 35.8 Å². The summed E-state index contributed by atoms with van der Waals surface area (Å²) in [5, 5.41) is 8.66. The number of halogens is 1. The maximum Gasteiger partial charge on any atom is 0.263 e. The number of rotatable bonds is 5. The monoisotopic (exact) mass is 399 g/mol. The molecule has 1 aromatic carbocycles. The van der Waals surface area contributed by atoms with Crippen LogP contribution in [0.15, 0.2) is 35.1 Å². The molecule has 1 amide bonds. The SMILES string of the molecule is CCc1noc2ncnc(N3CCC[C@@H](C(=O)NCc4cccc(Cl)c4)C3)c12. The minimum Gasteiger partial charge on any atom is -0.355 e. The molecule has 4 rings (SSSR count). The van der Waals surface area contributed by atoms with Gasteiger partial charge in [-0.25, -0.2) is 4.98 Å². The summed E-state index contributed by atoms with van der Waals surface area (Å²) < 4.78 is 5.33. The second kappa shape index (κ2) is 8.14. The molecule has 1 saturated heterocycles. The van der Waals surface area contributed by atoms with Crippen molar-refractivity contribution in [3.05, 3.63) is 46.9 Å². The summed E-state index contributed by atoms with van der Waals surface area (Å²) in [5.74, 6) is 0.759. The summed E-state index contributed by atoms with van der Waals surface area (Å²) in [5.41, 5.74) is 2.33. The molecule has 3 aromatic rings. The quantitative estimate of drug-likeness (QED) is 0.708. The van der Waals surface area contributed by atoms with E-state index < -0.39 is 0 Å². The summed E-state index contributed by atoms with van der Waals surface area (Å²) >= 11 is 6.01. The Hall–Kier alpha value is -2.67. The lowest BCUT2D eigenvalue weighted by Crippen LogP contribution is -2.43. The number of amides is 1. The lowest BCUT2D eigenvalue weighted by molar-refractivity contribution is -0.125. The summed E-state index contributed by atoms with van der Waals surface area (Å²) in [7, 11) is 0. The molecule has 1 aliphatic heterocycles. The van der Waals surface area contributed by atoms with Crippen LogP contribution >= 0.6 is 11.6 Å². The first-order valence-corrected chi connectivity index (χ1v) is 9.90. The fraction of sp³-hybridized carbons (Fsp3) is 0.400. The van der Waals surface area contributed by atoms with E-state index in [1.54, 1.807) is 0 Å². The molecule has 0 aliphatic carbocycles. The summed E-state index contributed by atoms with van der Waals surface area (Å²) in [6.07, 6.45) is 4.01. The van der Waals surface area contributed by atoms with Gasteiger partial charge in [0.05, 0.1) is 11.6 Å². The van der Waals surface area contributed by atoms with E-state index in [0.717, 1.165) is 48.3 Å². The number of benzene rings is 1. The topological polar surface area (TPSA) is 84.2 Å². The van der Waals surface area contributed by atoms with Crippen molar-refractivity contribution in [3.63, 3.8) is 0 Å². The number of fused-ring (bicyclic) bond motifs is 1. The minimum absolute atomic E-state index is 0.0519. The maximum absolute atomic E-state index is 12.7. The normalized spacial score (nSPS) is 17.1. The molecular formula is C20H22ClN5O2. The third-order valence-corrected chi connectivity index (χ3v) is 5.34. The molecule has 7 nitrogen and oxygen atoms in total. The zero-order valence-corrected chi connectivity index (χ0v) is 16.4. The first-order chi connectivity index (χ1) is 13.7. The number of anilines is 1. The van der Waals surface area contributed by atoms with Gasteiger partial charge in [0.1, 0.15) is 17.5 Å². The van der Waals surface area contributed by atoms with E-state index in [-0.39, 0.29) is 11.8 Å². The number of nitrogens with zero attached hydrogens (tertiary/aromatic N) is 4. The van der Waals surface area contributed by atoms with Crippen LogP contribution < -0.4 is 10.2 Å². The fourth-order valence-electron chi connectivity index (χ4n) is 3.67. The summed E-state index contributed by atoms with van der Waals surface area (Å²) in [6.45, 7) is 3.95. The molecule has 0 radical (unpaired) electrons. The van der Waals surface area contributed by atoms with Crippen molar-refractivity contribution in [2.75, 3.05) is 18.0 Å². The molecule has 1 aliphatic rings. The molecule has 1 atom stereocenters. The predicted octanol–water partition coefficient (Wildman–Crippen LogP) is 3.37. The summed E-state index contributed by atoms with van der Waals surface area (Å²) in [6, 6.07) is 7.53. The Morgan fingerprint density at radius 3 is 3.11 bits per heavy atom. The first kappa shape index (κ1) is 18.7. The molecule has 146 valence electrons. The van der Waals surface area contributed by atoms with Crippen LogP contribution in [0.4, 0.5) is 5.82 Å². The van der Waals surface area contributed by atoms with Gasteiger partial charge in [0.15, 0.2) is 0 Å². The average Bonchev–Trinajstić information content (AvgIpc) is 3.15. The van der Waals surface area contributed by atoms with Gasteiger partial charge in [0.2, 0.25) is 5.91 Å². The molecular weight excluding hydrogens is 378 g/mol. The number of carbonyl (C=O) groups is 1. The number of carbonyl (C=O) groups excluding carboxylic acids is 1. The van der Waals surface area contributed by atoms with Gasteiger partial charge in [-0.3, -0.25) is 4.79 Å². The number of aryl methyl sites for hydroxylation is 1. The van der Waals surface area contributed by atoms with E-state index >= 15 is 0 Å². The Kier molecular flexibility index (Phi) is 5.43. The molecule has 1 N–H and O–H groups in total. The molecule has 28 heavy (non-hydrogen) atoms. The van der Waals surface area contributed by atoms with E-state index in [2.05, 4.69) is 25.3 Å². The van der Waals surface area contributed by atoms with Gasteiger partial charge in [0, 0.05) is 24.7 Å². The van der Waals surface area contributed by atoms with Crippen molar-refractivity contribution in [1.29, 1.82) is 0 Å². The van der Waals surface area contributed by atoms with Gasteiger partial charge >= 0.3 is 0 Å². The Labute approximate surface area is 168 Å². The molecule has 0 unspecified atom stereocenters. The lowest BCUT2D eigenvalue weighted by atomic mass is 9.96. The maximum atomic E-state index is 12.7. The van der Waals surface area contributed by atoms with Crippen LogP contribution in [0.5, 0.6) is 0 Å². The van der Waals surface area contributed by atoms with E-state index in [1.807, 2.05) is 31.2 Å². The summed E-state index contributed by atoms with van der Waals surface area (Å²) in [4.78, 5) is 23.5. The number of nitrogens with one attached hydrogen (secondary N) is 1. The molecule has 8 heteroatoms. The highest BCUT2D eigenvalue weighted by Gasteiger charge is 2.28. The van der Waals surface area contributed by atoms with Gasteiger partial charge in [-0.05, 0) is 37.0 Å². The van der Waals surface area contributed by atoms with Gasteiger partial charge in [0.25, 0.3) is 5.71 Å². The third kappa shape index (κ3) is 3.80. The molecule has 0 bridgehead atoms. The zero-order valence-electron chi connectivity index (χ0n) is 15.7. The van der Waals surface area contributed by atoms with Gasteiger partial charge in [-0.15, -0.1) is 0 Å². The minimum atomic E-state index is -0.0945. The molecule has 0 saturated carbocycles. The van der Waals surface area contributed by atoms with E-state index in [4.69, 9.17) is 16.1 Å². The van der Waals surface area contributed by atoms with Crippen molar-refractivity contribution >= 4 is 34.4 Å². The number of hydrogen-bond donors (Lipinski definition) is 1.